The van der Waals surface area contributed by atoms with Crippen LogP contribution in [0.1, 0.15) is 33.9 Å². The summed E-state index contributed by atoms with van der Waals surface area (Å²) in [6.07, 6.45) is 0.199. The Bertz CT molecular complexity index is 1110. The van der Waals surface area contributed by atoms with Gasteiger partial charge in [0.05, 0.1) is 23.0 Å². The Hall–Kier alpha value is -3.31. The van der Waals surface area contributed by atoms with E-state index >= 15 is 0 Å². The van der Waals surface area contributed by atoms with Gasteiger partial charge in [0.2, 0.25) is 5.91 Å². The number of nitrogens with one attached hydrogen (secondary N) is 1. The molecule has 1 aliphatic heterocycles. The fourth-order valence-corrected chi connectivity index (χ4v) is 4.38. The number of nitrogens with zero attached hydrogens (tertiary/aromatic N) is 2. The zero-order valence-electron chi connectivity index (χ0n) is 18.7. The van der Waals surface area contributed by atoms with E-state index in [1.165, 1.54) is 11.3 Å². The van der Waals surface area contributed by atoms with Gasteiger partial charge in [-0.2, -0.15) is 0 Å². The second kappa shape index (κ2) is 10.5. The topological polar surface area (TPSA) is 52.6 Å². The largest absolute Gasteiger partial charge is 0.368 e. The lowest BCUT2D eigenvalue weighted by molar-refractivity contribution is -0.132. The molecule has 33 heavy (non-hydrogen) atoms. The number of rotatable bonds is 6. The fraction of sp³-hybridized carbons (Fsp3) is 0.259. The van der Waals surface area contributed by atoms with E-state index in [-0.39, 0.29) is 18.2 Å². The zero-order chi connectivity index (χ0) is 23.2. The van der Waals surface area contributed by atoms with Crippen molar-refractivity contribution in [1.29, 1.82) is 0 Å². The lowest BCUT2D eigenvalue weighted by Gasteiger charge is -2.37. The molecule has 3 aromatic carbocycles. The summed E-state index contributed by atoms with van der Waals surface area (Å²) in [5, 5.41) is 3.41. The second-order valence-corrected chi connectivity index (χ2v) is 8.73. The summed E-state index contributed by atoms with van der Waals surface area (Å²) in [6, 6.07) is 24.5. The number of halogens is 1. The third-order valence-electron chi connectivity index (χ3n) is 6.00. The Morgan fingerprint density at radius 1 is 0.909 bits per heavy atom. The zero-order valence-corrected chi connectivity index (χ0v) is 19.5. The van der Waals surface area contributed by atoms with Crippen molar-refractivity contribution in [3.05, 3.63) is 101 Å². The van der Waals surface area contributed by atoms with Gasteiger partial charge in [0.1, 0.15) is 0 Å². The van der Waals surface area contributed by atoms with Crippen molar-refractivity contribution in [1.82, 2.24) is 10.2 Å². The summed E-state index contributed by atoms with van der Waals surface area (Å²) >= 11 is 6.21. The first-order chi connectivity index (χ1) is 16.0. The number of hydrogen-bond acceptors (Lipinski definition) is 3. The van der Waals surface area contributed by atoms with Crippen molar-refractivity contribution < 1.29 is 9.59 Å². The molecule has 0 radical (unpaired) electrons. The van der Waals surface area contributed by atoms with Gasteiger partial charge in [-0.1, -0.05) is 66.2 Å². The van der Waals surface area contributed by atoms with E-state index in [0.717, 1.165) is 18.7 Å². The predicted octanol–water partition coefficient (Wildman–Crippen LogP) is 4.86. The Labute approximate surface area is 200 Å². The number of hydrogen-bond donors (Lipinski definition) is 1. The van der Waals surface area contributed by atoms with Crippen LogP contribution in [0.15, 0.2) is 78.9 Å². The minimum Gasteiger partial charge on any atom is -0.368 e. The summed E-state index contributed by atoms with van der Waals surface area (Å²) in [6.45, 7) is 4.98. The number of carbonyl (C=O) groups is 2. The third-order valence-corrected chi connectivity index (χ3v) is 6.33. The molecule has 0 bridgehead atoms. The second-order valence-electron chi connectivity index (χ2n) is 8.33. The quantitative estimate of drug-likeness (QED) is 0.570. The van der Waals surface area contributed by atoms with Gasteiger partial charge < -0.3 is 15.1 Å². The van der Waals surface area contributed by atoms with E-state index in [2.05, 4.69) is 41.4 Å². The molecule has 1 aliphatic rings. The highest BCUT2D eigenvalue weighted by Crippen LogP contribution is 2.23. The molecule has 3 aromatic rings. The molecular formula is C27H28ClN3O2. The lowest BCUT2D eigenvalue weighted by Crippen LogP contribution is -2.49. The highest BCUT2D eigenvalue weighted by molar-refractivity contribution is 6.33. The standard InChI is InChI=1S/C27H28ClN3O2/c1-20-8-7-11-22(18-20)30-14-16-31(17-15-30)26(32)19-25(21-9-3-2-4-10-21)29-27(33)23-12-5-6-13-24(23)28/h2-13,18,25H,14-17,19H2,1H3,(H,29,33). The van der Waals surface area contributed by atoms with Crippen molar-refractivity contribution in [2.45, 2.75) is 19.4 Å². The van der Waals surface area contributed by atoms with Gasteiger partial charge in [-0.05, 0) is 42.3 Å². The smallest absolute Gasteiger partial charge is 0.253 e. The van der Waals surface area contributed by atoms with Crippen LogP contribution in [0.5, 0.6) is 0 Å². The minimum atomic E-state index is -0.433. The highest BCUT2D eigenvalue weighted by Gasteiger charge is 2.26. The number of anilines is 1. The van der Waals surface area contributed by atoms with Crippen LogP contribution in [0.4, 0.5) is 5.69 Å². The first-order valence-electron chi connectivity index (χ1n) is 11.2. The molecule has 5 nitrogen and oxygen atoms in total. The van der Waals surface area contributed by atoms with Crippen molar-refractivity contribution in [3.63, 3.8) is 0 Å². The monoisotopic (exact) mass is 461 g/mol. The van der Waals surface area contributed by atoms with Crippen molar-refractivity contribution >= 4 is 29.1 Å². The Balaban J connectivity index is 1.42. The summed E-state index contributed by atoms with van der Waals surface area (Å²) < 4.78 is 0. The molecule has 170 valence electrons. The number of carbonyl (C=O) groups excluding carboxylic acids is 2. The van der Waals surface area contributed by atoms with Gasteiger partial charge >= 0.3 is 0 Å². The van der Waals surface area contributed by atoms with Crippen LogP contribution in [0, 0.1) is 6.92 Å². The van der Waals surface area contributed by atoms with E-state index in [0.29, 0.717) is 23.7 Å². The van der Waals surface area contributed by atoms with Gasteiger partial charge in [0.25, 0.3) is 5.91 Å². The van der Waals surface area contributed by atoms with Crippen LogP contribution in [0.3, 0.4) is 0 Å². The van der Waals surface area contributed by atoms with Crippen molar-refractivity contribution in [2.75, 3.05) is 31.1 Å². The maximum Gasteiger partial charge on any atom is 0.253 e. The predicted molar refractivity (Wildman–Crippen MR) is 133 cm³/mol. The number of benzene rings is 3. The molecule has 2 amide bonds. The molecule has 4 rings (SSSR count). The van der Waals surface area contributed by atoms with Gasteiger partial charge in [0.15, 0.2) is 0 Å². The van der Waals surface area contributed by atoms with Crippen molar-refractivity contribution in [2.24, 2.45) is 0 Å². The maximum absolute atomic E-state index is 13.2. The molecule has 1 fully saturated rings. The molecule has 1 heterocycles. The average molecular weight is 462 g/mol. The maximum atomic E-state index is 13.2. The van der Waals surface area contributed by atoms with Crippen LogP contribution in [-0.2, 0) is 4.79 Å². The van der Waals surface area contributed by atoms with Crippen LogP contribution in [0.25, 0.3) is 0 Å². The lowest BCUT2D eigenvalue weighted by atomic mass is 10.0. The van der Waals surface area contributed by atoms with E-state index in [4.69, 9.17) is 11.6 Å². The van der Waals surface area contributed by atoms with Gasteiger partial charge in [-0.15, -0.1) is 0 Å². The minimum absolute atomic E-state index is 0.0344. The summed E-state index contributed by atoms with van der Waals surface area (Å²) in [5.74, 6) is -0.251. The summed E-state index contributed by atoms with van der Waals surface area (Å²) in [7, 11) is 0. The van der Waals surface area contributed by atoms with Gasteiger partial charge in [0, 0.05) is 31.9 Å². The number of amides is 2. The number of piperazine rings is 1. The van der Waals surface area contributed by atoms with E-state index < -0.39 is 6.04 Å². The van der Waals surface area contributed by atoms with Crippen LogP contribution in [0.2, 0.25) is 5.02 Å². The Morgan fingerprint density at radius 3 is 2.30 bits per heavy atom. The summed E-state index contributed by atoms with van der Waals surface area (Å²) in [4.78, 5) is 30.3. The molecule has 0 spiro atoms. The van der Waals surface area contributed by atoms with E-state index in [1.54, 1.807) is 24.3 Å². The van der Waals surface area contributed by atoms with E-state index in [1.807, 2.05) is 35.2 Å². The number of aryl methyl sites for hydroxylation is 1. The SMILES string of the molecule is Cc1cccc(N2CCN(C(=O)CC(NC(=O)c3ccccc3Cl)c3ccccc3)CC2)c1. The van der Waals surface area contributed by atoms with Crippen LogP contribution >= 0.6 is 11.6 Å². The molecule has 1 unspecified atom stereocenters. The molecular weight excluding hydrogens is 434 g/mol. The molecule has 1 atom stereocenters. The molecule has 1 saturated heterocycles. The molecule has 1 N–H and O–H groups in total. The normalized spacial score (nSPS) is 14.6. The average Bonchev–Trinajstić information content (AvgIpc) is 2.84. The Morgan fingerprint density at radius 2 is 1.61 bits per heavy atom. The van der Waals surface area contributed by atoms with E-state index in [9.17, 15) is 9.59 Å². The highest BCUT2D eigenvalue weighted by atomic mass is 35.5. The Kier molecular flexibility index (Phi) is 7.30. The van der Waals surface area contributed by atoms with Crippen molar-refractivity contribution in [3.8, 4) is 0 Å². The van der Waals surface area contributed by atoms with Gasteiger partial charge in [-0.25, -0.2) is 0 Å². The molecule has 6 heteroatoms. The molecule has 0 aromatic heterocycles. The van der Waals surface area contributed by atoms with Gasteiger partial charge in [-0.3, -0.25) is 9.59 Å². The third kappa shape index (κ3) is 5.74. The first-order valence-corrected chi connectivity index (χ1v) is 11.6. The molecule has 0 aliphatic carbocycles. The fourth-order valence-electron chi connectivity index (χ4n) is 4.16. The summed E-state index contributed by atoms with van der Waals surface area (Å²) in [5.41, 5.74) is 3.71. The molecule has 0 saturated carbocycles. The first kappa shape index (κ1) is 22.9. The van der Waals surface area contributed by atoms with Crippen LogP contribution < -0.4 is 10.2 Å². The van der Waals surface area contributed by atoms with Crippen LogP contribution in [-0.4, -0.2) is 42.9 Å².